The number of nitrogens with zero attached hydrogens (tertiary/aromatic N) is 3. The maximum atomic E-state index is 12.2. The number of aryl methyl sites for hydroxylation is 1. The SMILES string of the molecule is Cc1nn(-c2ccccc2)c(C)c1C=CC(=O)OCC(=O)N(C)C1CCS(=O)(=O)C1. The molecule has 0 N–H and O–H groups in total. The molecular weight excluding hydrogens is 406 g/mol. The van der Waals surface area contributed by atoms with Gasteiger partial charge in [-0.25, -0.2) is 17.9 Å². The Balaban J connectivity index is 1.59. The number of esters is 1. The zero-order valence-electron chi connectivity index (χ0n) is 17.2. The van der Waals surface area contributed by atoms with E-state index in [2.05, 4.69) is 5.10 Å². The van der Waals surface area contributed by atoms with E-state index >= 15 is 0 Å². The fourth-order valence-electron chi connectivity index (χ4n) is 3.44. The molecule has 2 heterocycles. The number of para-hydroxylation sites is 1. The van der Waals surface area contributed by atoms with Gasteiger partial charge in [0.2, 0.25) is 0 Å². The van der Waals surface area contributed by atoms with Crippen molar-refractivity contribution in [2.45, 2.75) is 26.3 Å². The summed E-state index contributed by atoms with van der Waals surface area (Å²) in [6.07, 6.45) is 3.29. The van der Waals surface area contributed by atoms with Crippen molar-refractivity contribution in [3.8, 4) is 5.69 Å². The maximum absolute atomic E-state index is 12.2. The molecule has 1 amide bonds. The summed E-state index contributed by atoms with van der Waals surface area (Å²) in [4.78, 5) is 25.6. The molecule has 1 aromatic heterocycles. The fourth-order valence-corrected chi connectivity index (χ4v) is 5.21. The summed E-state index contributed by atoms with van der Waals surface area (Å²) in [6.45, 7) is 3.33. The van der Waals surface area contributed by atoms with Crippen LogP contribution >= 0.6 is 0 Å². The number of aromatic nitrogens is 2. The first-order chi connectivity index (χ1) is 14.2. The Labute approximate surface area is 176 Å². The average molecular weight is 432 g/mol. The first kappa shape index (κ1) is 21.8. The minimum Gasteiger partial charge on any atom is -0.452 e. The van der Waals surface area contributed by atoms with Crippen molar-refractivity contribution in [2.24, 2.45) is 0 Å². The number of ether oxygens (including phenoxy) is 1. The van der Waals surface area contributed by atoms with Gasteiger partial charge in [-0.05, 0) is 38.5 Å². The van der Waals surface area contributed by atoms with Crippen LogP contribution in [0.25, 0.3) is 11.8 Å². The quantitative estimate of drug-likeness (QED) is 0.510. The van der Waals surface area contributed by atoms with Crippen LogP contribution in [0.1, 0.15) is 23.4 Å². The minimum absolute atomic E-state index is 0.0486. The molecule has 0 radical (unpaired) electrons. The number of rotatable bonds is 6. The van der Waals surface area contributed by atoms with Gasteiger partial charge in [-0.1, -0.05) is 18.2 Å². The number of carbonyl (C=O) groups excluding carboxylic acids is 2. The van der Waals surface area contributed by atoms with Crippen molar-refractivity contribution in [3.05, 3.63) is 53.4 Å². The van der Waals surface area contributed by atoms with E-state index in [1.54, 1.807) is 10.8 Å². The largest absolute Gasteiger partial charge is 0.452 e. The molecule has 9 heteroatoms. The smallest absolute Gasteiger partial charge is 0.331 e. The predicted molar refractivity (Wildman–Crippen MR) is 113 cm³/mol. The summed E-state index contributed by atoms with van der Waals surface area (Å²) in [7, 11) is -1.56. The Morgan fingerprint density at radius 1 is 1.27 bits per heavy atom. The second-order valence-electron chi connectivity index (χ2n) is 7.33. The van der Waals surface area contributed by atoms with Crippen LogP contribution < -0.4 is 0 Å². The lowest BCUT2D eigenvalue weighted by Gasteiger charge is -2.22. The number of amides is 1. The van der Waals surface area contributed by atoms with Gasteiger partial charge in [-0.3, -0.25) is 4.79 Å². The molecule has 1 atom stereocenters. The van der Waals surface area contributed by atoms with Gasteiger partial charge in [0, 0.05) is 30.4 Å². The highest BCUT2D eigenvalue weighted by Crippen LogP contribution is 2.19. The topological polar surface area (TPSA) is 98.6 Å². The Morgan fingerprint density at radius 3 is 2.60 bits per heavy atom. The average Bonchev–Trinajstić information content (AvgIpc) is 3.23. The molecular formula is C21H25N3O5S. The van der Waals surface area contributed by atoms with Gasteiger partial charge in [0.1, 0.15) is 0 Å². The standard InChI is InChI=1S/C21H25N3O5S/c1-15-19(16(2)24(22-15)17-7-5-4-6-8-17)9-10-21(26)29-13-20(25)23(3)18-11-12-30(27,28)14-18/h4-10,18H,11-14H2,1-3H3. The van der Waals surface area contributed by atoms with Crippen molar-refractivity contribution < 1.29 is 22.7 Å². The second kappa shape index (κ2) is 8.83. The molecule has 8 nitrogen and oxygen atoms in total. The summed E-state index contributed by atoms with van der Waals surface area (Å²) >= 11 is 0. The normalized spacial score (nSPS) is 17.9. The van der Waals surface area contributed by atoms with Crippen LogP contribution in [0.15, 0.2) is 36.4 Å². The van der Waals surface area contributed by atoms with Crippen molar-refractivity contribution in [2.75, 3.05) is 25.2 Å². The summed E-state index contributed by atoms with van der Waals surface area (Å²) in [6, 6.07) is 9.29. The van der Waals surface area contributed by atoms with E-state index in [-0.39, 0.29) is 17.5 Å². The third-order valence-electron chi connectivity index (χ3n) is 5.22. The molecule has 1 aliphatic rings. The number of carbonyl (C=O) groups is 2. The Morgan fingerprint density at radius 2 is 1.97 bits per heavy atom. The molecule has 1 fully saturated rings. The lowest BCUT2D eigenvalue weighted by molar-refractivity contribution is -0.148. The van der Waals surface area contributed by atoms with Crippen molar-refractivity contribution >= 4 is 27.8 Å². The van der Waals surface area contributed by atoms with Crippen molar-refractivity contribution in [1.82, 2.24) is 14.7 Å². The highest BCUT2D eigenvalue weighted by Gasteiger charge is 2.32. The molecule has 0 bridgehead atoms. The summed E-state index contributed by atoms with van der Waals surface area (Å²) < 4.78 is 30.0. The summed E-state index contributed by atoms with van der Waals surface area (Å²) in [5, 5.41) is 4.52. The Hall–Kier alpha value is -2.94. The highest BCUT2D eigenvalue weighted by molar-refractivity contribution is 7.91. The maximum Gasteiger partial charge on any atom is 0.331 e. The molecule has 0 aliphatic carbocycles. The van der Waals surface area contributed by atoms with Crippen LogP contribution in [-0.4, -0.2) is 66.2 Å². The summed E-state index contributed by atoms with van der Waals surface area (Å²) in [5.74, 6) is -1.05. The van der Waals surface area contributed by atoms with Crippen LogP contribution in [-0.2, 0) is 24.2 Å². The molecule has 2 aromatic rings. The third-order valence-corrected chi connectivity index (χ3v) is 6.97. The van der Waals surface area contributed by atoms with Crippen molar-refractivity contribution in [3.63, 3.8) is 0 Å². The molecule has 160 valence electrons. The van der Waals surface area contributed by atoms with Crippen LogP contribution in [0, 0.1) is 13.8 Å². The van der Waals surface area contributed by atoms with E-state index in [0.29, 0.717) is 6.42 Å². The zero-order chi connectivity index (χ0) is 21.9. The van der Waals surface area contributed by atoms with E-state index in [0.717, 1.165) is 22.6 Å². The van der Waals surface area contributed by atoms with E-state index in [1.165, 1.54) is 18.0 Å². The van der Waals surface area contributed by atoms with Gasteiger partial charge in [0.25, 0.3) is 5.91 Å². The molecule has 1 saturated heterocycles. The van der Waals surface area contributed by atoms with Gasteiger partial charge >= 0.3 is 5.97 Å². The number of benzene rings is 1. The fraction of sp³-hybridized carbons (Fsp3) is 0.381. The third kappa shape index (κ3) is 4.96. The number of sulfone groups is 1. The van der Waals surface area contributed by atoms with Crippen LogP contribution in [0.3, 0.4) is 0 Å². The van der Waals surface area contributed by atoms with Gasteiger partial charge in [-0.15, -0.1) is 0 Å². The van der Waals surface area contributed by atoms with Crippen molar-refractivity contribution in [1.29, 1.82) is 0 Å². The first-order valence-electron chi connectivity index (χ1n) is 9.60. The molecule has 30 heavy (non-hydrogen) atoms. The number of hydrogen-bond donors (Lipinski definition) is 0. The Kier molecular flexibility index (Phi) is 6.40. The Bertz CT molecular complexity index is 1070. The molecule has 3 rings (SSSR count). The number of likely N-dealkylation sites (N-methyl/N-ethyl adjacent to an activating group) is 1. The van der Waals surface area contributed by atoms with Gasteiger partial charge in [0.15, 0.2) is 16.4 Å². The van der Waals surface area contributed by atoms with Gasteiger partial charge in [-0.2, -0.15) is 5.10 Å². The highest BCUT2D eigenvalue weighted by atomic mass is 32.2. The number of hydrogen-bond acceptors (Lipinski definition) is 6. The second-order valence-corrected chi connectivity index (χ2v) is 9.56. The molecule has 0 saturated carbocycles. The monoisotopic (exact) mass is 431 g/mol. The van der Waals surface area contributed by atoms with Crippen LogP contribution in [0.4, 0.5) is 0 Å². The van der Waals surface area contributed by atoms with E-state index < -0.39 is 28.3 Å². The molecule has 1 aromatic carbocycles. The van der Waals surface area contributed by atoms with E-state index in [4.69, 9.17) is 4.74 Å². The molecule has 1 aliphatic heterocycles. The minimum atomic E-state index is -3.09. The van der Waals surface area contributed by atoms with E-state index in [9.17, 15) is 18.0 Å². The zero-order valence-corrected chi connectivity index (χ0v) is 18.1. The van der Waals surface area contributed by atoms with Gasteiger partial charge in [0.05, 0.1) is 22.9 Å². The molecule has 1 unspecified atom stereocenters. The van der Waals surface area contributed by atoms with E-state index in [1.807, 2.05) is 44.2 Å². The lowest BCUT2D eigenvalue weighted by Crippen LogP contribution is -2.40. The van der Waals surface area contributed by atoms with Gasteiger partial charge < -0.3 is 9.64 Å². The predicted octanol–water partition coefficient (Wildman–Crippen LogP) is 1.69. The lowest BCUT2D eigenvalue weighted by atomic mass is 10.2. The first-order valence-corrected chi connectivity index (χ1v) is 11.4. The van der Waals surface area contributed by atoms with Crippen LogP contribution in [0.2, 0.25) is 0 Å². The molecule has 0 spiro atoms. The summed E-state index contributed by atoms with van der Waals surface area (Å²) in [5.41, 5.74) is 3.36. The van der Waals surface area contributed by atoms with Crippen LogP contribution in [0.5, 0.6) is 0 Å².